The first kappa shape index (κ1) is 22.6. The average Bonchev–Trinajstić information content (AvgIpc) is 3.32. The van der Waals surface area contributed by atoms with Gasteiger partial charge in [0, 0.05) is 36.5 Å². The molecule has 0 saturated carbocycles. The lowest BCUT2D eigenvalue weighted by atomic mass is 10.1. The van der Waals surface area contributed by atoms with E-state index in [2.05, 4.69) is 17.2 Å². The monoisotopic (exact) mass is 430 g/mol. The van der Waals surface area contributed by atoms with Crippen molar-refractivity contribution in [2.24, 2.45) is 11.7 Å². The molecule has 3 heterocycles. The van der Waals surface area contributed by atoms with Gasteiger partial charge in [0.25, 0.3) is 0 Å². The van der Waals surface area contributed by atoms with E-state index in [-0.39, 0.29) is 19.0 Å². The average molecular weight is 430 g/mol. The molecule has 0 bridgehead atoms. The maximum absolute atomic E-state index is 14.4. The molecule has 166 valence electrons. The molecular formula is C22H27FN4O4. The first-order valence-electron chi connectivity index (χ1n) is 10.1. The normalized spacial score (nSPS) is 22.5. The van der Waals surface area contributed by atoms with E-state index in [1.165, 1.54) is 17.9 Å². The second kappa shape index (κ2) is 10.3. The number of hydrogen-bond donors (Lipinski definition) is 2. The van der Waals surface area contributed by atoms with E-state index in [0.717, 1.165) is 13.2 Å². The van der Waals surface area contributed by atoms with Crippen molar-refractivity contribution in [1.29, 1.82) is 0 Å². The molecule has 3 N–H and O–H groups in total. The van der Waals surface area contributed by atoms with Crippen LogP contribution in [0.3, 0.4) is 0 Å². The van der Waals surface area contributed by atoms with Gasteiger partial charge in [-0.25, -0.2) is 9.18 Å². The molecule has 2 unspecified atom stereocenters. The zero-order chi connectivity index (χ0) is 22.4. The number of nitrogens with two attached hydrogens (primary N) is 1. The highest BCUT2D eigenvalue weighted by Crippen LogP contribution is 2.28. The van der Waals surface area contributed by atoms with Crippen molar-refractivity contribution in [1.82, 2.24) is 10.3 Å². The third kappa shape index (κ3) is 5.99. The second-order valence-corrected chi connectivity index (χ2v) is 7.64. The third-order valence-electron chi connectivity index (χ3n) is 5.11. The summed E-state index contributed by atoms with van der Waals surface area (Å²) in [6.45, 7) is 5.58. The smallest absolute Gasteiger partial charge is 0.414 e. The predicted octanol–water partition coefficient (Wildman–Crippen LogP) is 2.33. The second-order valence-electron chi connectivity index (χ2n) is 7.64. The highest BCUT2D eigenvalue weighted by atomic mass is 19.1. The summed E-state index contributed by atoms with van der Waals surface area (Å²) in [5.74, 6) is -0.0741. The number of pyridine rings is 1. The number of anilines is 1. The van der Waals surface area contributed by atoms with Crippen molar-refractivity contribution < 1.29 is 23.5 Å². The quantitative estimate of drug-likeness (QED) is 0.771. The topological polar surface area (TPSA) is 107 Å². The van der Waals surface area contributed by atoms with E-state index < -0.39 is 18.0 Å². The van der Waals surface area contributed by atoms with Gasteiger partial charge < -0.3 is 20.5 Å². The number of cyclic esters (lactones) is 1. The van der Waals surface area contributed by atoms with Crippen LogP contribution in [-0.2, 0) is 14.3 Å². The summed E-state index contributed by atoms with van der Waals surface area (Å²) in [5, 5.41) is 2.60. The molecule has 0 spiro atoms. The van der Waals surface area contributed by atoms with E-state index in [1.54, 1.807) is 36.7 Å². The zero-order valence-corrected chi connectivity index (χ0v) is 17.6. The standard InChI is InChI=1S/C17H16FN3O3.C5H11NO/c1-11(22)20-9-14-10-21(17(23)24-14)13-4-5-15(16(18)7-13)12-3-2-6-19-8-12;1-4-2-7-3-5(4)6/h2-8,14H,9-10H2,1H3,(H,20,22);4-5H,2-3,6H2,1H3/t;4-,5?/m.1/s1. The summed E-state index contributed by atoms with van der Waals surface area (Å²) in [4.78, 5) is 28.2. The molecule has 3 atom stereocenters. The Kier molecular flexibility index (Phi) is 7.54. The molecule has 2 aliphatic rings. The Morgan fingerprint density at radius 1 is 1.35 bits per heavy atom. The zero-order valence-electron chi connectivity index (χ0n) is 17.6. The number of ether oxygens (including phenoxy) is 2. The molecule has 1 aromatic heterocycles. The first-order valence-corrected chi connectivity index (χ1v) is 10.1. The summed E-state index contributed by atoms with van der Waals surface area (Å²) in [6.07, 6.45) is 2.18. The lowest BCUT2D eigenvalue weighted by Crippen LogP contribution is -2.33. The van der Waals surface area contributed by atoms with Crippen LogP contribution in [0.2, 0.25) is 0 Å². The van der Waals surface area contributed by atoms with Crippen LogP contribution in [0.25, 0.3) is 11.1 Å². The van der Waals surface area contributed by atoms with Crippen molar-refractivity contribution in [2.45, 2.75) is 26.0 Å². The number of amides is 2. The molecule has 9 heteroatoms. The highest BCUT2D eigenvalue weighted by molar-refractivity contribution is 5.90. The first-order chi connectivity index (χ1) is 14.8. The number of nitrogens with one attached hydrogen (secondary N) is 1. The minimum absolute atomic E-state index is 0.198. The molecule has 8 nitrogen and oxygen atoms in total. The fraction of sp³-hybridized carbons (Fsp3) is 0.409. The van der Waals surface area contributed by atoms with E-state index in [0.29, 0.717) is 28.8 Å². The molecule has 2 aromatic rings. The molecule has 1 aromatic carbocycles. The van der Waals surface area contributed by atoms with Gasteiger partial charge in [0.1, 0.15) is 11.9 Å². The van der Waals surface area contributed by atoms with Crippen LogP contribution in [0, 0.1) is 11.7 Å². The number of hydrogen-bond acceptors (Lipinski definition) is 6. The summed E-state index contributed by atoms with van der Waals surface area (Å²) >= 11 is 0. The lowest BCUT2D eigenvalue weighted by molar-refractivity contribution is -0.119. The van der Waals surface area contributed by atoms with Crippen molar-refractivity contribution in [3.05, 3.63) is 48.5 Å². The molecule has 0 radical (unpaired) electrons. The van der Waals surface area contributed by atoms with Gasteiger partial charge in [-0.05, 0) is 30.2 Å². The Balaban J connectivity index is 0.000000330. The summed E-state index contributed by atoms with van der Waals surface area (Å²) in [7, 11) is 0. The third-order valence-corrected chi connectivity index (χ3v) is 5.11. The maximum Gasteiger partial charge on any atom is 0.414 e. The SMILES string of the molecule is CC(=O)NCC1CN(c2ccc(-c3cccnc3)c(F)c2)C(=O)O1.C[C@@H]1COCC1N. The Morgan fingerprint density at radius 3 is 2.71 bits per heavy atom. The van der Waals surface area contributed by atoms with Gasteiger partial charge in [0.2, 0.25) is 5.91 Å². The van der Waals surface area contributed by atoms with Crippen LogP contribution in [0.15, 0.2) is 42.7 Å². The number of aromatic nitrogens is 1. The van der Waals surface area contributed by atoms with E-state index >= 15 is 0 Å². The van der Waals surface area contributed by atoms with Crippen LogP contribution in [-0.4, -0.2) is 55.4 Å². The summed E-state index contributed by atoms with van der Waals surface area (Å²) < 4.78 is 24.6. The number of benzene rings is 1. The van der Waals surface area contributed by atoms with Gasteiger partial charge in [-0.15, -0.1) is 0 Å². The minimum Gasteiger partial charge on any atom is -0.442 e. The van der Waals surface area contributed by atoms with Gasteiger partial charge >= 0.3 is 6.09 Å². The number of nitrogens with zero attached hydrogens (tertiary/aromatic N) is 2. The minimum atomic E-state index is -0.557. The molecule has 2 saturated heterocycles. The van der Waals surface area contributed by atoms with Crippen molar-refractivity contribution in [3.63, 3.8) is 0 Å². The Morgan fingerprint density at radius 2 is 2.16 bits per heavy atom. The van der Waals surface area contributed by atoms with Crippen molar-refractivity contribution >= 4 is 17.7 Å². The number of halogens is 1. The fourth-order valence-electron chi connectivity index (χ4n) is 3.20. The van der Waals surface area contributed by atoms with Gasteiger partial charge in [-0.1, -0.05) is 13.0 Å². The number of carbonyl (C=O) groups excluding carboxylic acids is 2. The molecule has 2 fully saturated rings. The van der Waals surface area contributed by atoms with Crippen LogP contribution in [0.4, 0.5) is 14.9 Å². The van der Waals surface area contributed by atoms with Crippen molar-refractivity contribution in [2.75, 3.05) is 31.2 Å². The van der Waals surface area contributed by atoms with E-state index in [4.69, 9.17) is 15.2 Å². The lowest BCUT2D eigenvalue weighted by Gasteiger charge is -2.14. The molecule has 2 amide bonds. The highest BCUT2D eigenvalue weighted by Gasteiger charge is 2.32. The molecule has 31 heavy (non-hydrogen) atoms. The van der Waals surface area contributed by atoms with Crippen molar-refractivity contribution in [3.8, 4) is 11.1 Å². The Labute approximate surface area is 180 Å². The van der Waals surface area contributed by atoms with Crippen LogP contribution in [0.5, 0.6) is 0 Å². The molecular weight excluding hydrogens is 403 g/mol. The summed E-state index contributed by atoms with van der Waals surface area (Å²) in [6, 6.07) is 8.35. The van der Waals surface area contributed by atoms with Gasteiger partial charge in [-0.2, -0.15) is 0 Å². The number of rotatable bonds is 4. The largest absolute Gasteiger partial charge is 0.442 e. The van der Waals surface area contributed by atoms with E-state index in [1.807, 2.05) is 0 Å². The Hall–Kier alpha value is -3.04. The van der Waals surface area contributed by atoms with Gasteiger partial charge in [0.05, 0.1) is 32.0 Å². The fourth-order valence-corrected chi connectivity index (χ4v) is 3.20. The van der Waals surface area contributed by atoms with E-state index in [9.17, 15) is 14.0 Å². The summed E-state index contributed by atoms with van der Waals surface area (Å²) in [5.41, 5.74) is 7.04. The van der Waals surface area contributed by atoms with Gasteiger partial charge in [0.15, 0.2) is 0 Å². The van der Waals surface area contributed by atoms with Crippen LogP contribution in [0.1, 0.15) is 13.8 Å². The molecule has 2 aliphatic heterocycles. The van der Waals surface area contributed by atoms with Gasteiger partial charge in [-0.3, -0.25) is 14.7 Å². The molecule has 4 rings (SSSR count). The predicted molar refractivity (Wildman–Crippen MR) is 114 cm³/mol. The Bertz CT molecular complexity index is 904. The maximum atomic E-state index is 14.4. The van der Waals surface area contributed by atoms with Crippen LogP contribution >= 0.6 is 0 Å². The number of carbonyl (C=O) groups is 2. The van der Waals surface area contributed by atoms with Crippen LogP contribution < -0.4 is 16.0 Å². The molecule has 0 aliphatic carbocycles.